The van der Waals surface area contributed by atoms with E-state index in [-0.39, 0.29) is 5.91 Å². The average molecular weight is 308 g/mol. The van der Waals surface area contributed by atoms with Crippen LogP contribution in [0.3, 0.4) is 0 Å². The van der Waals surface area contributed by atoms with Crippen molar-refractivity contribution in [3.8, 4) is 0 Å². The minimum Gasteiger partial charge on any atom is -0.322 e. The number of nitrogens with one attached hydrogen (secondary N) is 1. The average Bonchev–Trinajstić information content (AvgIpc) is 2.98. The highest BCUT2D eigenvalue weighted by Crippen LogP contribution is 2.18. The molecule has 0 atom stereocenters. The summed E-state index contributed by atoms with van der Waals surface area (Å²) in [5.41, 5.74) is 4.27. The molecule has 2 aromatic carbocycles. The Hall–Kier alpha value is -2.69. The number of para-hydroxylation sites is 1. The topological polar surface area (TPSA) is 59.8 Å². The van der Waals surface area contributed by atoms with E-state index in [9.17, 15) is 4.79 Å². The number of carbonyl (C=O) groups is 1. The van der Waals surface area contributed by atoms with Crippen molar-refractivity contribution in [1.82, 2.24) is 15.0 Å². The molecule has 0 saturated heterocycles. The maximum absolute atomic E-state index is 12.5. The second-order valence-electron chi connectivity index (χ2n) is 5.48. The first kappa shape index (κ1) is 15.2. The molecule has 5 nitrogen and oxygen atoms in total. The van der Waals surface area contributed by atoms with Crippen LogP contribution in [-0.2, 0) is 13.0 Å². The zero-order chi connectivity index (χ0) is 16.2. The Morgan fingerprint density at radius 1 is 1.17 bits per heavy atom. The van der Waals surface area contributed by atoms with E-state index in [2.05, 4.69) is 29.5 Å². The van der Waals surface area contributed by atoms with E-state index in [1.165, 1.54) is 0 Å². The fraction of sp³-hybridized carbons (Fsp3) is 0.278. The van der Waals surface area contributed by atoms with Gasteiger partial charge in [-0.15, -0.1) is 5.10 Å². The maximum Gasteiger partial charge on any atom is 0.255 e. The summed E-state index contributed by atoms with van der Waals surface area (Å²) in [5, 5.41) is 11.3. The molecule has 0 aliphatic rings. The van der Waals surface area contributed by atoms with Crippen molar-refractivity contribution < 1.29 is 4.79 Å². The third-order valence-corrected chi connectivity index (χ3v) is 3.86. The molecule has 3 aromatic rings. The first-order valence-electron chi connectivity index (χ1n) is 7.95. The number of rotatable bonds is 5. The van der Waals surface area contributed by atoms with Gasteiger partial charge in [0.15, 0.2) is 0 Å². The van der Waals surface area contributed by atoms with Gasteiger partial charge in [-0.3, -0.25) is 4.79 Å². The first-order chi connectivity index (χ1) is 11.2. The van der Waals surface area contributed by atoms with Crippen LogP contribution in [0, 0.1) is 0 Å². The molecule has 1 amide bonds. The summed E-state index contributed by atoms with van der Waals surface area (Å²) in [6, 6.07) is 13.4. The number of aromatic nitrogens is 3. The largest absolute Gasteiger partial charge is 0.322 e. The number of hydrogen-bond acceptors (Lipinski definition) is 3. The predicted octanol–water partition coefficient (Wildman–Crippen LogP) is 3.66. The Labute approximate surface area is 135 Å². The van der Waals surface area contributed by atoms with Gasteiger partial charge in [0.05, 0.1) is 5.52 Å². The Balaban J connectivity index is 1.86. The second kappa shape index (κ2) is 6.60. The molecule has 0 saturated carbocycles. The van der Waals surface area contributed by atoms with E-state index >= 15 is 0 Å². The lowest BCUT2D eigenvalue weighted by atomic mass is 10.1. The molecular weight excluding hydrogens is 288 g/mol. The Kier molecular flexibility index (Phi) is 4.37. The molecule has 5 heteroatoms. The van der Waals surface area contributed by atoms with Crippen LogP contribution >= 0.6 is 0 Å². The zero-order valence-electron chi connectivity index (χ0n) is 13.4. The summed E-state index contributed by atoms with van der Waals surface area (Å²) in [6.07, 6.45) is 1.87. The highest BCUT2D eigenvalue weighted by Gasteiger charge is 2.11. The van der Waals surface area contributed by atoms with Gasteiger partial charge in [0.2, 0.25) is 0 Å². The van der Waals surface area contributed by atoms with E-state index < -0.39 is 0 Å². The molecule has 1 aromatic heterocycles. The molecule has 1 heterocycles. The second-order valence-corrected chi connectivity index (χ2v) is 5.48. The van der Waals surface area contributed by atoms with Gasteiger partial charge in [-0.2, -0.15) is 0 Å². The number of nitrogens with zero attached hydrogens (tertiary/aromatic N) is 3. The molecule has 1 N–H and O–H groups in total. The van der Waals surface area contributed by atoms with Crippen LogP contribution in [0.5, 0.6) is 0 Å². The van der Waals surface area contributed by atoms with Crippen LogP contribution in [0.2, 0.25) is 0 Å². The van der Waals surface area contributed by atoms with Crippen molar-refractivity contribution in [2.45, 2.75) is 33.2 Å². The van der Waals surface area contributed by atoms with Crippen LogP contribution in [0.25, 0.3) is 11.0 Å². The number of anilines is 1. The van der Waals surface area contributed by atoms with E-state index in [1.54, 1.807) is 6.07 Å². The molecule has 0 radical (unpaired) electrons. The normalized spacial score (nSPS) is 10.9. The highest BCUT2D eigenvalue weighted by atomic mass is 16.1. The number of hydrogen-bond donors (Lipinski definition) is 1. The minimum atomic E-state index is -0.127. The molecule has 0 aliphatic carbocycles. The lowest BCUT2D eigenvalue weighted by Crippen LogP contribution is -2.13. The van der Waals surface area contributed by atoms with Gasteiger partial charge in [-0.05, 0) is 42.7 Å². The van der Waals surface area contributed by atoms with Gasteiger partial charge >= 0.3 is 0 Å². The van der Waals surface area contributed by atoms with E-state index in [0.717, 1.165) is 41.7 Å². The van der Waals surface area contributed by atoms with Crippen LogP contribution < -0.4 is 5.32 Å². The van der Waals surface area contributed by atoms with Gasteiger partial charge in [-0.1, -0.05) is 37.3 Å². The van der Waals surface area contributed by atoms with Gasteiger partial charge in [0.25, 0.3) is 5.91 Å². The number of aryl methyl sites for hydroxylation is 2. The molecule has 0 fully saturated rings. The summed E-state index contributed by atoms with van der Waals surface area (Å²) >= 11 is 0. The molecule has 3 rings (SSSR count). The van der Waals surface area contributed by atoms with Gasteiger partial charge in [0.1, 0.15) is 5.52 Å². The Morgan fingerprint density at radius 2 is 2.00 bits per heavy atom. The fourth-order valence-electron chi connectivity index (χ4n) is 2.64. The van der Waals surface area contributed by atoms with Gasteiger partial charge < -0.3 is 5.32 Å². The van der Waals surface area contributed by atoms with Crippen LogP contribution in [0.1, 0.15) is 36.2 Å². The monoisotopic (exact) mass is 308 g/mol. The molecular formula is C18H20N4O. The SMILES string of the molecule is CCCn1nnc2cc(C(=O)Nc3ccccc3CC)ccc21. The van der Waals surface area contributed by atoms with Crippen molar-refractivity contribution >= 4 is 22.6 Å². The van der Waals surface area contributed by atoms with E-state index in [1.807, 2.05) is 41.1 Å². The van der Waals surface area contributed by atoms with Crippen LogP contribution in [-0.4, -0.2) is 20.9 Å². The molecule has 0 spiro atoms. The summed E-state index contributed by atoms with van der Waals surface area (Å²) in [6.45, 7) is 5.00. The lowest BCUT2D eigenvalue weighted by Gasteiger charge is -2.09. The molecule has 0 bridgehead atoms. The highest BCUT2D eigenvalue weighted by molar-refractivity contribution is 6.06. The molecule has 0 aliphatic heterocycles. The lowest BCUT2D eigenvalue weighted by molar-refractivity contribution is 0.102. The third-order valence-electron chi connectivity index (χ3n) is 3.86. The number of carbonyl (C=O) groups excluding carboxylic acids is 1. The Bertz CT molecular complexity index is 838. The fourth-order valence-corrected chi connectivity index (χ4v) is 2.64. The summed E-state index contributed by atoms with van der Waals surface area (Å²) in [5.74, 6) is -0.127. The van der Waals surface area contributed by atoms with Crippen LogP contribution in [0.15, 0.2) is 42.5 Å². The third kappa shape index (κ3) is 3.08. The summed E-state index contributed by atoms with van der Waals surface area (Å²) in [7, 11) is 0. The van der Waals surface area contributed by atoms with Crippen molar-refractivity contribution in [3.63, 3.8) is 0 Å². The number of fused-ring (bicyclic) bond motifs is 1. The molecule has 23 heavy (non-hydrogen) atoms. The van der Waals surface area contributed by atoms with Crippen molar-refractivity contribution in [3.05, 3.63) is 53.6 Å². The first-order valence-corrected chi connectivity index (χ1v) is 7.95. The number of benzene rings is 2. The van der Waals surface area contributed by atoms with Gasteiger partial charge in [0, 0.05) is 17.8 Å². The predicted molar refractivity (Wildman–Crippen MR) is 91.6 cm³/mol. The van der Waals surface area contributed by atoms with E-state index in [0.29, 0.717) is 5.56 Å². The van der Waals surface area contributed by atoms with Crippen molar-refractivity contribution in [2.24, 2.45) is 0 Å². The smallest absolute Gasteiger partial charge is 0.255 e. The molecule has 118 valence electrons. The summed E-state index contributed by atoms with van der Waals surface area (Å²) < 4.78 is 1.86. The van der Waals surface area contributed by atoms with Gasteiger partial charge in [-0.25, -0.2) is 4.68 Å². The van der Waals surface area contributed by atoms with Crippen molar-refractivity contribution in [2.75, 3.05) is 5.32 Å². The maximum atomic E-state index is 12.5. The van der Waals surface area contributed by atoms with Crippen molar-refractivity contribution in [1.29, 1.82) is 0 Å². The quantitative estimate of drug-likeness (QED) is 0.782. The summed E-state index contributed by atoms with van der Waals surface area (Å²) in [4.78, 5) is 12.5. The Morgan fingerprint density at radius 3 is 2.78 bits per heavy atom. The van der Waals surface area contributed by atoms with Crippen LogP contribution in [0.4, 0.5) is 5.69 Å². The van der Waals surface area contributed by atoms with E-state index in [4.69, 9.17) is 0 Å². The standard InChI is InChI=1S/C18H20N4O/c1-3-11-22-17-10-9-14(12-16(17)20-21-22)18(23)19-15-8-6-5-7-13(15)4-2/h5-10,12H,3-4,11H2,1-2H3,(H,19,23). The zero-order valence-corrected chi connectivity index (χ0v) is 13.4. The minimum absolute atomic E-state index is 0.127. The number of amides is 1. The molecule has 0 unspecified atom stereocenters.